The number of hydrogen-bond acceptors (Lipinski definition) is 3. The van der Waals surface area contributed by atoms with Crippen LogP contribution in [0.15, 0.2) is 18.2 Å². The Hall–Kier alpha value is -0.770. The molecule has 0 spiro atoms. The average molecular weight is 268 g/mol. The van der Waals surface area contributed by atoms with Crippen LogP contribution in [-0.2, 0) is 6.54 Å². The zero-order valence-corrected chi connectivity index (χ0v) is 12.0. The Labute approximate surface area is 115 Å². The zero-order valence-electron chi connectivity index (χ0n) is 11.2. The number of anilines is 1. The van der Waals surface area contributed by atoms with Crippen LogP contribution >= 0.6 is 11.6 Å². The molecule has 1 aliphatic heterocycles. The van der Waals surface area contributed by atoms with E-state index < -0.39 is 0 Å². The highest BCUT2D eigenvalue weighted by Crippen LogP contribution is 2.31. The van der Waals surface area contributed by atoms with E-state index in [4.69, 9.17) is 17.3 Å². The lowest BCUT2D eigenvalue weighted by Crippen LogP contribution is -2.38. The molecule has 0 aromatic heterocycles. The first-order chi connectivity index (χ1) is 8.61. The molecule has 100 valence electrons. The van der Waals surface area contributed by atoms with Gasteiger partial charge in [-0.2, -0.15) is 0 Å². The van der Waals surface area contributed by atoms with Gasteiger partial charge in [-0.3, -0.25) is 0 Å². The SMILES string of the molecule is CN(C)CC1CCCN1c1cc(Cl)ccc1CN. The van der Waals surface area contributed by atoms with Crippen LogP contribution in [0.3, 0.4) is 0 Å². The molecule has 3 nitrogen and oxygen atoms in total. The molecule has 1 heterocycles. The smallest absolute Gasteiger partial charge is 0.0429 e. The third-order valence-corrected chi connectivity index (χ3v) is 3.76. The second-order valence-corrected chi connectivity index (χ2v) is 5.67. The molecule has 18 heavy (non-hydrogen) atoms. The molecular weight excluding hydrogens is 246 g/mol. The van der Waals surface area contributed by atoms with Crippen molar-refractivity contribution in [3.05, 3.63) is 28.8 Å². The summed E-state index contributed by atoms with van der Waals surface area (Å²) < 4.78 is 0. The first-order valence-corrected chi connectivity index (χ1v) is 6.89. The van der Waals surface area contributed by atoms with Crippen molar-refractivity contribution in [2.45, 2.75) is 25.4 Å². The van der Waals surface area contributed by atoms with Crippen molar-refractivity contribution in [2.24, 2.45) is 5.73 Å². The standard InChI is InChI=1S/C14H22ClN3/c1-17(2)10-13-4-3-7-18(13)14-8-12(15)6-5-11(14)9-16/h5-6,8,13H,3-4,7,9-10,16H2,1-2H3. The number of halogens is 1. The minimum Gasteiger partial charge on any atom is -0.367 e. The Morgan fingerprint density at radius 1 is 1.44 bits per heavy atom. The quantitative estimate of drug-likeness (QED) is 0.909. The van der Waals surface area contributed by atoms with E-state index in [1.807, 2.05) is 12.1 Å². The van der Waals surface area contributed by atoms with Gasteiger partial charge in [-0.05, 0) is 44.6 Å². The summed E-state index contributed by atoms with van der Waals surface area (Å²) in [4.78, 5) is 4.71. The first-order valence-electron chi connectivity index (χ1n) is 6.51. The van der Waals surface area contributed by atoms with Gasteiger partial charge in [0.1, 0.15) is 0 Å². The van der Waals surface area contributed by atoms with Crippen molar-refractivity contribution in [1.82, 2.24) is 4.90 Å². The third-order valence-electron chi connectivity index (χ3n) is 3.53. The normalized spacial score (nSPS) is 19.8. The summed E-state index contributed by atoms with van der Waals surface area (Å²) in [5, 5.41) is 0.790. The molecule has 1 aromatic carbocycles. The van der Waals surface area contributed by atoms with Crippen LogP contribution in [0.4, 0.5) is 5.69 Å². The highest BCUT2D eigenvalue weighted by atomic mass is 35.5. The van der Waals surface area contributed by atoms with Gasteiger partial charge in [0.25, 0.3) is 0 Å². The summed E-state index contributed by atoms with van der Waals surface area (Å²) in [7, 11) is 4.25. The maximum Gasteiger partial charge on any atom is 0.0429 e. The molecule has 1 unspecified atom stereocenters. The Bertz CT molecular complexity index is 406. The number of nitrogens with two attached hydrogens (primary N) is 1. The number of likely N-dealkylation sites (N-methyl/N-ethyl adjacent to an activating group) is 1. The Balaban J connectivity index is 2.26. The number of nitrogens with zero attached hydrogens (tertiary/aromatic N) is 2. The van der Waals surface area contributed by atoms with Crippen LogP contribution in [-0.4, -0.2) is 38.1 Å². The molecule has 4 heteroatoms. The van der Waals surface area contributed by atoms with Crippen LogP contribution in [0.1, 0.15) is 18.4 Å². The van der Waals surface area contributed by atoms with Gasteiger partial charge in [0.15, 0.2) is 0 Å². The van der Waals surface area contributed by atoms with Crippen molar-refractivity contribution >= 4 is 17.3 Å². The summed E-state index contributed by atoms with van der Waals surface area (Å²) in [6.07, 6.45) is 2.49. The van der Waals surface area contributed by atoms with Crippen molar-refractivity contribution in [2.75, 3.05) is 32.1 Å². The molecule has 1 aliphatic rings. The number of rotatable bonds is 4. The van der Waals surface area contributed by atoms with Crippen molar-refractivity contribution in [1.29, 1.82) is 0 Å². The molecule has 0 bridgehead atoms. The van der Waals surface area contributed by atoms with Crippen LogP contribution in [0.25, 0.3) is 0 Å². The maximum atomic E-state index is 6.13. The summed E-state index contributed by atoms with van der Waals surface area (Å²) in [6, 6.07) is 6.59. The number of benzene rings is 1. The lowest BCUT2D eigenvalue weighted by atomic mass is 10.1. The van der Waals surface area contributed by atoms with Gasteiger partial charge in [-0.1, -0.05) is 17.7 Å². The van der Waals surface area contributed by atoms with Gasteiger partial charge in [0, 0.05) is 36.4 Å². The van der Waals surface area contributed by atoms with Gasteiger partial charge >= 0.3 is 0 Å². The van der Waals surface area contributed by atoms with Gasteiger partial charge in [-0.15, -0.1) is 0 Å². The highest BCUT2D eigenvalue weighted by molar-refractivity contribution is 6.30. The lowest BCUT2D eigenvalue weighted by Gasteiger charge is -2.30. The topological polar surface area (TPSA) is 32.5 Å². The average Bonchev–Trinajstić information content (AvgIpc) is 2.76. The van der Waals surface area contributed by atoms with Crippen molar-refractivity contribution in [3.63, 3.8) is 0 Å². The van der Waals surface area contributed by atoms with Crippen molar-refractivity contribution in [3.8, 4) is 0 Å². The third kappa shape index (κ3) is 2.97. The summed E-state index contributed by atoms with van der Waals surface area (Å²) in [6.45, 7) is 2.75. The van der Waals surface area contributed by atoms with E-state index in [1.54, 1.807) is 0 Å². The van der Waals surface area contributed by atoms with E-state index in [0.29, 0.717) is 12.6 Å². The Kier molecular flexibility index (Phi) is 4.49. The zero-order chi connectivity index (χ0) is 13.1. The summed E-state index contributed by atoms with van der Waals surface area (Å²) >= 11 is 6.13. The molecule has 1 saturated heterocycles. The predicted molar refractivity (Wildman–Crippen MR) is 78.3 cm³/mol. The van der Waals surface area contributed by atoms with E-state index in [-0.39, 0.29) is 0 Å². The van der Waals surface area contributed by atoms with E-state index in [1.165, 1.54) is 24.1 Å². The highest BCUT2D eigenvalue weighted by Gasteiger charge is 2.26. The Morgan fingerprint density at radius 3 is 2.89 bits per heavy atom. The van der Waals surface area contributed by atoms with Gasteiger partial charge in [-0.25, -0.2) is 0 Å². The monoisotopic (exact) mass is 267 g/mol. The van der Waals surface area contributed by atoms with E-state index in [2.05, 4.69) is 30.0 Å². The Morgan fingerprint density at radius 2 is 2.22 bits per heavy atom. The van der Waals surface area contributed by atoms with E-state index in [0.717, 1.165) is 18.1 Å². The fourth-order valence-corrected chi connectivity index (χ4v) is 2.91. The van der Waals surface area contributed by atoms with Gasteiger partial charge in [0.2, 0.25) is 0 Å². The molecular formula is C14H22ClN3. The van der Waals surface area contributed by atoms with Crippen LogP contribution in [0.5, 0.6) is 0 Å². The molecule has 1 fully saturated rings. The molecule has 0 aliphatic carbocycles. The summed E-state index contributed by atoms with van der Waals surface area (Å²) in [5.74, 6) is 0. The maximum absolute atomic E-state index is 6.13. The molecule has 0 amide bonds. The van der Waals surface area contributed by atoms with Gasteiger partial charge in [0.05, 0.1) is 0 Å². The largest absolute Gasteiger partial charge is 0.367 e. The molecule has 0 saturated carbocycles. The van der Waals surface area contributed by atoms with Crippen molar-refractivity contribution < 1.29 is 0 Å². The lowest BCUT2D eigenvalue weighted by molar-refractivity contribution is 0.372. The molecule has 2 rings (SSSR count). The minimum atomic E-state index is 0.567. The molecule has 1 atom stereocenters. The number of hydrogen-bond donors (Lipinski definition) is 1. The fourth-order valence-electron chi connectivity index (χ4n) is 2.74. The van der Waals surface area contributed by atoms with Crippen LogP contribution < -0.4 is 10.6 Å². The fraction of sp³-hybridized carbons (Fsp3) is 0.571. The van der Waals surface area contributed by atoms with Crippen LogP contribution in [0, 0.1) is 0 Å². The van der Waals surface area contributed by atoms with E-state index >= 15 is 0 Å². The minimum absolute atomic E-state index is 0.567. The van der Waals surface area contributed by atoms with E-state index in [9.17, 15) is 0 Å². The molecule has 2 N–H and O–H groups in total. The summed E-state index contributed by atoms with van der Waals surface area (Å²) in [5.41, 5.74) is 8.24. The molecule has 0 radical (unpaired) electrons. The second-order valence-electron chi connectivity index (χ2n) is 5.23. The molecule has 1 aromatic rings. The first kappa shape index (κ1) is 13.7. The van der Waals surface area contributed by atoms with Crippen LogP contribution in [0.2, 0.25) is 5.02 Å². The second kappa shape index (κ2) is 5.91. The van der Waals surface area contributed by atoms with Gasteiger partial charge < -0.3 is 15.5 Å². The predicted octanol–water partition coefficient (Wildman–Crippen LogP) is 2.33.